The summed E-state index contributed by atoms with van der Waals surface area (Å²) < 4.78 is 49.8. The molecule has 2 aliphatic heterocycles. The number of para-hydroxylation sites is 1. The number of rotatable bonds is 9. The number of carbonyl (C=O) groups excluding carboxylic acids is 3. The van der Waals surface area contributed by atoms with Crippen LogP contribution in [0.5, 0.6) is 5.75 Å². The van der Waals surface area contributed by atoms with E-state index >= 15 is 4.39 Å². The molecule has 12 nitrogen and oxygen atoms in total. The van der Waals surface area contributed by atoms with Crippen molar-refractivity contribution >= 4 is 25.7 Å². The predicted octanol–water partition coefficient (Wildman–Crippen LogP) is 1.10. The predicted molar refractivity (Wildman–Crippen MR) is 114 cm³/mol. The summed E-state index contributed by atoms with van der Waals surface area (Å²) in [5.74, 6) is -1.09. The summed E-state index contributed by atoms with van der Waals surface area (Å²) in [7, 11) is -3.11. The van der Waals surface area contributed by atoms with E-state index < -0.39 is 62.4 Å². The lowest BCUT2D eigenvalue weighted by molar-refractivity contribution is -0.142. The highest BCUT2D eigenvalue weighted by Crippen LogP contribution is 2.46. The van der Waals surface area contributed by atoms with Crippen molar-refractivity contribution in [2.24, 2.45) is 0 Å². The Morgan fingerprint density at radius 2 is 2.09 bits per heavy atom. The number of aliphatic hydroxyl groups is 1. The minimum Gasteiger partial charge on any atom is -0.468 e. The highest BCUT2D eigenvalue weighted by molar-refractivity contribution is 7.52. The number of nitrogens with one attached hydrogen (secondary N) is 2. The minimum absolute atomic E-state index is 0.0611. The molecule has 2 saturated heterocycles. The molecule has 1 aromatic carbocycles. The molecule has 0 aliphatic carbocycles. The fourth-order valence-electron chi connectivity index (χ4n) is 3.54. The number of urea groups is 1. The number of benzene rings is 1. The fraction of sp³-hybridized carbons (Fsp3) is 0.550. The van der Waals surface area contributed by atoms with Gasteiger partial charge < -0.3 is 19.1 Å². The minimum atomic E-state index is -4.26. The number of halogens is 1. The van der Waals surface area contributed by atoms with Crippen LogP contribution in [0.4, 0.5) is 9.18 Å². The van der Waals surface area contributed by atoms with Crippen LogP contribution in [-0.4, -0.2) is 78.3 Å². The molecule has 0 spiro atoms. The van der Waals surface area contributed by atoms with E-state index in [1.165, 1.54) is 19.1 Å². The summed E-state index contributed by atoms with van der Waals surface area (Å²) in [6.45, 7) is 1.70. The maximum Gasteiger partial charge on any atom is 0.459 e. The van der Waals surface area contributed by atoms with Crippen molar-refractivity contribution < 1.29 is 47.0 Å². The van der Waals surface area contributed by atoms with Crippen LogP contribution in [0, 0.1) is 0 Å². The van der Waals surface area contributed by atoms with Crippen LogP contribution in [0.25, 0.3) is 0 Å². The normalized spacial score (nSPS) is 29.8. The largest absolute Gasteiger partial charge is 0.468 e. The number of methoxy groups -OCH3 is 1. The zero-order valence-electron chi connectivity index (χ0n) is 18.8. The van der Waals surface area contributed by atoms with E-state index in [4.69, 9.17) is 13.8 Å². The molecular weight excluding hydrogens is 476 g/mol. The first-order chi connectivity index (χ1) is 16.0. The maximum absolute atomic E-state index is 15.4. The van der Waals surface area contributed by atoms with Gasteiger partial charge in [0.1, 0.15) is 24.0 Å². The molecule has 14 heteroatoms. The van der Waals surface area contributed by atoms with Crippen molar-refractivity contribution in [3.63, 3.8) is 0 Å². The molecule has 0 unspecified atom stereocenters. The van der Waals surface area contributed by atoms with Gasteiger partial charge in [-0.2, -0.15) is 5.09 Å². The first-order valence-corrected chi connectivity index (χ1v) is 12.0. The molecule has 2 aliphatic rings. The first kappa shape index (κ1) is 26.0. The molecular formula is C20H27FN3O9P. The van der Waals surface area contributed by atoms with Gasteiger partial charge in [0, 0.05) is 13.0 Å². The number of imide groups is 1. The van der Waals surface area contributed by atoms with Gasteiger partial charge in [0.2, 0.25) is 5.91 Å². The highest BCUT2D eigenvalue weighted by atomic mass is 31.2. The molecule has 3 N–H and O–H groups in total. The molecule has 2 heterocycles. The lowest BCUT2D eigenvalue weighted by Gasteiger charge is -2.35. The fourth-order valence-corrected chi connectivity index (χ4v) is 5.04. The van der Waals surface area contributed by atoms with Crippen LogP contribution in [0.15, 0.2) is 30.3 Å². The number of alkyl halides is 1. The second kappa shape index (κ2) is 10.4. The summed E-state index contributed by atoms with van der Waals surface area (Å²) in [5.41, 5.74) is -2.43. The molecule has 34 heavy (non-hydrogen) atoms. The van der Waals surface area contributed by atoms with E-state index in [2.05, 4.69) is 15.1 Å². The Hall–Kier alpha value is -2.57. The molecule has 0 radical (unpaired) electrons. The van der Waals surface area contributed by atoms with Gasteiger partial charge in [-0.25, -0.2) is 13.8 Å². The smallest absolute Gasteiger partial charge is 0.459 e. The number of hydrogen-bond acceptors (Lipinski definition) is 9. The van der Waals surface area contributed by atoms with Crippen LogP contribution in [0.1, 0.15) is 20.3 Å². The molecule has 2 fully saturated rings. The third kappa shape index (κ3) is 5.73. The van der Waals surface area contributed by atoms with Gasteiger partial charge >= 0.3 is 19.7 Å². The third-order valence-corrected chi connectivity index (χ3v) is 7.01. The number of esters is 1. The number of carbonyl (C=O) groups is 3. The zero-order chi connectivity index (χ0) is 25.1. The van der Waals surface area contributed by atoms with Crippen LogP contribution >= 0.6 is 7.75 Å². The zero-order valence-corrected chi connectivity index (χ0v) is 19.7. The second-order valence-corrected chi connectivity index (χ2v) is 9.69. The SMILES string of the molecule is COC(=O)[C@H](C)N[P@](=O)(OC[C@H]1O[C@@H](N2CCC(=O)NC2=O)[C@](C)(F)[C@@H]1O)Oc1ccccc1. The Labute approximate surface area is 195 Å². The van der Waals surface area contributed by atoms with Crippen molar-refractivity contribution in [3.8, 4) is 5.75 Å². The summed E-state index contributed by atoms with van der Waals surface area (Å²) in [6, 6.07) is 6.02. The number of nitrogens with zero attached hydrogens (tertiary/aromatic N) is 1. The lowest BCUT2D eigenvalue weighted by Crippen LogP contribution is -2.59. The molecule has 0 aromatic heterocycles. The Balaban J connectivity index is 1.74. The standard InChI is InChI=1S/C20H27FN3O9P/c1-12(17(27)30-3)23-34(29,33-13-7-5-4-6-8-13)31-11-14-16(26)20(2,21)18(32-14)24-10-9-15(25)22-19(24)28/h4-8,12,14,16,18,26H,9-11H2,1-3H3,(H,23,29)(H,22,25,28)/t12-,14+,16+,18+,20+,34-/m0/s1. The Morgan fingerprint density at radius 1 is 1.41 bits per heavy atom. The summed E-state index contributed by atoms with van der Waals surface area (Å²) in [5, 5.41) is 15.0. The van der Waals surface area contributed by atoms with E-state index in [-0.39, 0.29) is 18.7 Å². The molecule has 188 valence electrons. The van der Waals surface area contributed by atoms with Crippen molar-refractivity contribution in [3.05, 3.63) is 30.3 Å². The Kier molecular flexibility index (Phi) is 7.94. The van der Waals surface area contributed by atoms with Gasteiger partial charge in [0.05, 0.1) is 13.7 Å². The van der Waals surface area contributed by atoms with E-state index in [1.807, 2.05) is 0 Å². The van der Waals surface area contributed by atoms with Gasteiger partial charge in [-0.1, -0.05) is 18.2 Å². The molecule has 6 atom stereocenters. The van der Waals surface area contributed by atoms with E-state index in [9.17, 15) is 24.1 Å². The molecule has 3 rings (SSSR count). The van der Waals surface area contributed by atoms with Gasteiger partial charge in [-0.05, 0) is 26.0 Å². The number of hydrogen-bond donors (Lipinski definition) is 3. The number of aliphatic hydroxyl groups excluding tert-OH is 1. The molecule has 1 aromatic rings. The average Bonchev–Trinajstić information content (AvgIpc) is 3.01. The summed E-state index contributed by atoms with van der Waals surface area (Å²) >= 11 is 0. The molecule has 0 saturated carbocycles. The quantitative estimate of drug-likeness (QED) is 0.330. The lowest BCUT2D eigenvalue weighted by atomic mass is 9.97. The van der Waals surface area contributed by atoms with Crippen molar-refractivity contribution in [2.45, 2.75) is 50.4 Å². The molecule has 0 bridgehead atoms. The van der Waals surface area contributed by atoms with Crippen LogP contribution in [0.2, 0.25) is 0 Å². The monoisotopic (exact) mass is 503 g/mol. The number of amides is 3. The van der Waals surface area contributed by atoms with Gasteiger partial charge in [-0.15, -0.1) is 0 Å². The van der Waals surface area contributed by atoms with Crippen LogP contribution in [0.3, 0.4) is 0 Å². The Bertz CT molecular complexity index is 964. The summed E-state index contributed by atoms with van der Waals surface area (Å²) in [4.78, 5) is 36.3. The maximum atomic E-state index is 15.4. The van der Waals surface area contributed by atoms with E-state index in [0.717, 1.165) is 18.9 Å². The van der Waals surface area contributed by atoms with E-state index in [1.54, 1.807) is 18.2 Å². The Morgan fingerprint density at radius 3 is 2.71 bits per heavy atom. The van der Waals surface area contributed by atoms with Crippen molar-refractivity contribution in [2.75, 3.05) is 20.3 Å². The first-order valence-electron chi connectivity index (χ1n) is 10.4. The average molecular weight is 503 g/mol. The van der Waals surface area contributed by atoms with Gasteiger partial charge in [0.15, 0.2) is 11.9 Å². The van der Waals surface area contributed by atoms with Gasteiger partial charge in [0.25, 0.3) is 0 Å². The topological polar surface area (TPSA) is 153 Å². The van der Waals surface area contributed by atoms with Gasteiger partial charge in [-0.3, -0.25) is 24.3 Å². The third-order valence-electron chi connectivity index (χ3n) is 5.37. The van der Waals surface area contributed by atoms with Crippen molar-refractivity contribution in [1.29, 1.82) is 0 Å². The van der Waals surface area contributed by atoms with Crippen LogP contribution in [-0.2, 0) is 28.2 Å². The van der Waals surface area contributed by atoms with Crippen LogP contribution < -0.4 is 14.9 Å². The second-order valence-electron chi connectivity index (χ2n) is 7.99. The highest BCUT2D eigenvalue weighted by Gasteiger charge is 2.58. The van der Waals surface area contributed by atoms with E-state index in [0.29, 0.717) is 0 Å². The van der Waals surface area contributed by atoms with Crippen molar-refractivity contribution in [1.82, 2.24) is 15.3 Å². The summed E-state index contributed by atoms with van der Waals surface area (Å²) in [6.07, 6.45) is -4.71. The molecule has 3 amide bonds. The number of ether oxygens (including phenoxy) is 2.